The maximum absolute atomic E-state index is 12.2. The second kappa shape index (κ2) is 5.05. The summed E-state index contributed by atoms with van der Waals surface area (Å²) in [5, 5.41) is 0.0882. The number of H-pyrrole nitrogens is 1. The molecule has 102 valence electrons. The van der Waals surface area contributed by atoms with Crippen LogP contribution in [-0.4, -0.2) is 18.4 Å². The maximum atomic E-state index is 12.2. The molecule has 0 spiro atoms. The van der Waals surface area contributed by atoms with E-state index in [2.05, 4.69) is 14.7 Å². The van der Waals surface area contributed by atoms with E-state index in [1.807, 2.05) is 32.9 Å². The van der Waals surface area contributed by atoms with E-state index in [-0.39, 0.29) is 5.03 Å². The van der Waals surface area contributed by atoms with Crippen LogP contribution in [0.3, 0.4) is 0 Å². The Morgan fingerprint density at radius 1 is 1.32 bits per heavy atom. The molecule has 0 atom stereocenters. The van der Waals surface area contributed by atoms with E-state index in [4.69, 9.17) is 0 Å². The van der Waals surface area contributed by atoms with E-state index >= 15 is 0 Å². The van der Waals surface area contributed by atoms with Crippen molar-refractivity contribution in [1.29, 1.82) is 0 Å². The second-order valence-corrected chi connectivity index (χ2v) is 6.05. The highest BCUT2D eigenvalue weighted by Gasteiger charge is 2.18. The Bertz CT molecular complexity index is 690. The number of hydrogen-bond donors (Lipinski definition) is 2. The summed E-state index contributed by atoms with van der Waals surface area (Å²) in [5.41, 5.74) is 2.55. The molecule has 2 aromatic rings. The third-order valence-electron chi connectivity index (χ3n) is 3.08. The Labute approximate surface area is 113 Å². The van der Waals surface area contributed by atoms with Crippen LogP contribution in [-0.2, 0) is 16.4 Å². The first kappa shape index (κ1) is 13.6. The number of imidazole rings is 1. The van der Waals surface area contributed by atoms with Crippen molar-refractivity contribution in [1.82, 2.24) is 9.97 Å². The molecule has 1 aromatic heterocycles. The minimum Gasteiger partial charge on any atom is -0.332 e. The third-order valence-corrected chi connectivity index (χ3v) is 4.35. The van der Waals surface area contributed by atoms with Gasteiger partial charge in [-0.15, -0.1) is 0 Å². The molecule has 0 amide bonds. The van der Waals surface area contributed by atoms with Crippen molar-refractivity contribution in [2.75, 3.05) is 4.72 Å². The number of sulfonamides is 1. The van der Waals surface area contributed by atoms with E-state index in [9.17, 15) is 8.42 Å². The van der Waals surface area contributed by atoms with Gasteiger partial charge in [-0.3, -0.25) is 4.72 Å². The predicted molar refractivity (Wildman–Crippen MR) is 74.7 cm³/mol. The fourth-order valence-electron chi connectivity index (χ4n) is 1.72. The number of nitrogens with one attached hydrogen (secondary N) is 2. The third kappa shape index (κ3) is 2.78. The van der Waals surface area contributed by atoms with Crippen LogP contribution in [0.1, 0.15) is 23.9 Å². The molecule has 0 unspecified atom stereocenters. The Morgan fingerprint density at radius 2 is 2.05 bits per heavy atom. The molecule has 5 nitrogen and oxygen atoms in total. The summed E-state index contributed by atoms with van der Waals surface area (Å²) in [5.74, 6) is 0.654. The molecule has 1 heterocycles. The normalized spacial score (nSPS) is 11.5. The molecule has 0 fully saturated rings. The van der Waals surface area contributed by atoms with Crippen LogP contribution in [0, 0.1) is 13.8 Å². The quantitative estimate of drug-likeness (QED) is 0.902. The Hall–Kier alpha value is -1.82. The van der Waals surface area contributed by atoms with Crippen LogP contribution in [0.5, 0.6) is 0 Å². The summed E-state index contributed by atoms with van der Waals surface area (Å²) in [6.07, 6.45) is 2.01. The fraction of sp³-hybridized carbons (Fsp3) is 0.308. The molecule has 1 aromatic carbocycles. The topological polar surface area (TPSA) is 74.8 Å². The average Bonchev–Trinajstić information content (AvgIpc) is 2.84. The molecule has 0 saturated carbocycles. The molecule has 0 aliphatic carbocycles. The van der Waals surface area contributed by atoms with Gasteiger partial charge in [0.25, 0.3) is 10.0 Å². The van der Waals surface area contributed by atoms with E-state index in [0.717, 1.165) is 11.1 Å². The minimum atomic E-state index is -3.61. The SMILES string of the molecule is CCc1ncc(S(=O)(=O)Nc2cccc(C)c2C)[nH]1. The van der Waals surface area contributed by atoms with Gasteiger partial charge in [-0.25, -0.2) is 4.98 Å². The van der Waals surface area contributed by atoms with Crippen molar-refractivity contribution in [3.63, 3.8) is 0 Å². The van der Waals surface area contributed by atoms with Crippen LogP contribution in [0.15, 0.2) is 29.4 Å². The molecule has 0 aliphatic rings. The van der Waals surface area contributed by atoms with Gasteiger partial charge in [0, 0.05) is 6.42 Å². The number of nitrogens with zero attached hydrogens (tertiary/aromatic N) is 1. The number of aromatic amines is 1. The van der Waals surface area contributed by atoms with Gasteiger partial charge in [-0.05, 0) is 31.0 Å². The summed E-state index contributed by atoms with van der Waals surface area (Å²) < 4.78 is 27.0. The number of hydrogen-bond acceptors (Lipinski definition) is 3. The summed E-state index contributed by atoms with van der Waals surface area (Å²) in [7, 11) is -3.61. The summed E-state index contributed by atoms with van der Waals surface area (Å²) in [6, 6.07) is 5.51. The molecule has 0 saturated heterocycles. The standard InChI is InChI=1S/C13H17N3O2S/c1-4-12-14-8-13(15-12)19(17,18)16-11-7-5-6-9(2)10(11)3/h5-8,16H,4H2,1-3H3,(H,14,15). The molecule has 19 heavy (non-hydrogen) atoms. The molecule has 6 heteroatoms. The van der Waals surface area contributed by atoms with Gasteiger partial charge in [-0.2, -0.15) is 8.42 Å². The highest BCUT2D eigenvalue weighted by atomic mass is 32.2. The lowest BCUT2D eigenvalue weighted by atomic mass is 10.1. The van der Waals surface area contributed by atoms with Gasteiger partial charge in [0.05, 0.1) is 11.9 Å². The number of aromatic nitrogens is 2. The lowest BCUT2D eigenvalue weighted by molar-refractivity contribution is 0.598. The first-order chi connectivity index (χ1) is 8.94. The van der Waals surface area contributed by atoms with E-state index < -0.39 is 10.0 Å². The van der Waals surface area contributed by atoms with E-state index in [1.54, 1.807) is 6.07 Å². The van der Waals surface area contributed by atoms with Gasteiger partial charge >= 0.3 is 0 Å². The summed E-state index contributed by atoms with van der Waals surface area (Å²) in [6.45, 7) is 5.74. The fourth-order valence-corrected chi connectivity index (χ4v) is 2.79. The summed E-state index contributed by atoms with van der Waals surface area (Å²) >= 11 is 0. The first-order valence-electron chi connectivity index (χ1n) is 6.07. The highest BCUT2D eigenvalue weighted by molar-refractivity contribution is 7.92. The van der Waals surface area contributed by atoms with Crippen molar-refractivity contribution in [2.45, 2.75) is 32.2 Å². The molecule has 0 aliphatic heterocycles. The Balaban J connectivity index is 2.33. The van der Waals surface area contributed by atoms with Crippen molar-refractivity contribution in [3.8, 4) is 0 Å². The van der Waals surface area contributed by atoms with Crippen LogP contribution < -0.4 is 4.72 Å². The molecular weight excluding hydrogens is 262 g/mol. The van der Waals surface area contributed by atoms with Crippen molar-refractivity contribution in [3.05, 3.63) is 41.3 Å². The van der Waals surface area contributed by atoms with Gasteiger partial charge < -0.3 is 4.98 Å². The molecular formula is C13H17N3O2S. The van der Waals surface area contributed by atoms with Crippen molar-refractivity contribution < 1.29 is 8.42 Å². The van der Waals surface area contributed by atoms with Crippen LogP contribution in [0.2, 0.25) is 0 Å². The molecule has 0 radical (unpaired) electrons. The smallest absolute Gasteiger partial charge is 0.278 e. The Morgan fingerprint density at radius 3 is 2.68 bits per heavy atom. The number of benzene rings is 1. The second-order valence-electron chi connectivity index (χ2n) is 4.40. The summed E-state index contributed by atoms with van der Waals surface area (Å²) in [4.78, 5) is 6.80. The zero-order valence-corrected chi connectivity index (χ0v) is 12.0. The van der Waals surface area contributed by atoms with Crippen molar-refractivity contribution >= 4 is 15.7 Å². The number of anilines is 1. The van der Waals surface area contributed by atoms with Crippen LogP contribution >= 0.6 is 0 Å². The van der Waals surface area contributed by atoms with Crippen molar-refractivity contribution in [2.24, 2.45) is 0 Å². The van der Waals surface area contributed by atoms with Gasteiger partial charge in [0.1, 0.15) is 5.82 Å². The predicted octanol–water partition coefficient (Wildman–Crippen LogP) is 2.39. The van der Waals surface area contributed by atoms with E-state index in [0.29, 0.717) is 17.9 Å². The minimum absolute atomic E-state index is 0.0882. The van der Waals surface area contributed by atoms with Gasteiger partial charge in [-0.1, -0.05) is 19.1 Å². The molecule has 2 N–H and O–H groups in total. The van der Waals surface area contributed by atoms with Crippen LogP contribution in [0.25, 0.3) is 0 Å². The highest BCUT2D eigenvalue weighted by Crippen LogP contribution is 2.21. The first-order valence-corrected chi connectivity index (χ1v) is 7.55. The van der Waals surface area contributed by atoms with Crippen LogP contribution in [0.4, 0.5) is 5.69 Å². The largest absolute Gasteiger partial charge is 0.332 e. The zero-order chi connectivity index (χ0) is 14.0. The average molecular weight is 279 g/mol. The number of aryl methyl sites for hydroxylation is 2. The van der Waals surface area contributed by atoms with Gasteiger partial charge in [0.2, 0.25) is 0 Å². The molecule has 0 bridgehead atoms. The Kier molecular flexibility index (Phi) is 3.61. The zero-order valence-electron chi connectivity index (χ0n) is 11.2. The monoisotopic (exact) mass is 279 g/mol. The lowest BCUT2D eigenvalue weighted by Gasteiger charge is -2.10. The van der Waals surface area contributed by atoms with E-state index in [1.165, 1.54) is 6.20 Å². The number of rotatable bonds is 4. The lowest BCUT2D eigenvalue weighted by Crippen LogP contribution is -2.14. The van der Waals surface area contributed by atoms with Gasteiger partial charge in [0.15, 0.2) is 5.03 Å². The molecule has 2 rings (SSSR count). The maximum Gasteiger partial charge on any atom is 0.278 e.